The molecule has 0 fully saturated rings. The van der Waals surface area contributed by atoms with Crippen LogP contribution in [0.1, 0.15) is 35.1 Å². The van der Waals surface area contributed by atoms with Crippen molar-refractivity contribution in [2.45, 2.75) is 26.7 Å². The molecule has 0 radical (unpaired) electrons. The molecule has 1 aromatic carbocycles. The molecule has 0 heteroatoms. The van der Waals surface area contributed by atoms with Gasteiger partial charge in [0, 0.05) is 0 Å². The lowest BCUT2D eigenvalue weighted by Crippen LogP contribution is -1.94. The smallest absolute Gasteiger partial charge is 0.0152 e. The molecule has 0 aliphatic heterocycles. The number of benzene rings is 1. The van der Waals surface area contributed by atoms with Crippen LogP contribution in [0.15, 0.2) is 72.9 Å². The zero-order chi connectivity index (χ0) is 15.4. The first-order chi connectivity index (χ1) is 10.8. The van der Waals surface area contributed by atoms with Gasteiger partial charge in [0.05, 0.1) is 0 Å². The van der Waals surface area contributed by atoms with Crippen LogP contribution in [0.4, 0.5) is 0 Å². The summed E-state index contributed by atoms with van der Waals surface area (Å²) < 4.78 is 0. The van der Waals surface area contributed by atoms with Crippen LogP contribution in [0.5, 0.6) is 0 Å². The molecule has 0 aromatic heterocycles. The second-order valence-electron chi connectivity index (χ2n) is 5.85. The molecule has 110 valence electrons. The van der Waals surface area contributed by atoms with Gasteiger partial charge in [-0.05, 0) is 60.1 Å². The molecular weight excluding hydrogens is 264 g/mol. The number of rotatable bonds is 2. The van der Waals surface area contributed by atoms with E-state index in [0.29, 0.717) is 0 Å². The molecule has 2 aliphatic rings. The van der Waals surface area contributed by atoms with Crippen molar-refractivity contribution in [3.05, 3.63) is 95.1 Å². The van der Waals surface area contributed by atoms with Crippen molar-refractivity contribution in [1.82, 2.24) is 0 Å². The fourth-order valence-electron chi connectivity index (χ4n) is 2.98. The van der Waals surface area contributed by atoms with Crippen LogP contribution in [0, 0.1) is 13.8 Å². The molecule has 0 unspecified atom stereocenters. The Hall–Kier alpha value is -2.34. The van der Waals surface area contributed by atoms with E-state index >= 15 is 0 Å². The third-order valence-electron chi connectivity index (χ3n) is 4.17. The number of hydrogen-bond donors (Lipinski definition) is 0. The Bertz CT molecular complexity index is 746. The van der Waals surface area contributed by atoms with Crippen molar-refractivity contribution in [1.29, 1.82) is 0 Å². The maximum Gasteiger partial charge on any atom is -0.0152 e. The summed E-state index contributed by atoms with van der Waals surface area (Å²) in [5.74, 6) is 0. The third-order valence-corrected chi connectivity index (χ3v) is 4.17. The minimum atomic E-state index is 1.00. The highest BCUT2D eigenvalue weighted by Gasteiger charge is 2.09. The molecule has 0 atom stereocenters. The van der Waals surface area contributed by atoms with Crippen molar-refractivity contribution >= 4 is 11.1 Å². The molecule has 0 saturated heterocycles. The second-order valence-corrected chi connectivity index (χ2v) is 5.85. The first kappa shape index (κ1) is 14.6. The van der Waals surface area contributed by atoms with Crippen molar-refractivity contribution in [2.24, 2.45) is 0 Å². The first-order valence-corrected chi connectivity index (χ1v) is 7.94. The van der Waals surface area contributed by atoms with Gasteiger partial charge >= 0.3 is 0 Å². The topological polar surface area (TPSA) is 0 Å². The Balaban J connectivity index is 2.03. The average Bonchev–Trinajstić information content (AvgIpc) is 2.93. The van der Waals surface area contributed by atoms with E-state index in [1.54, 1.807) is 0 Å². The van der Waals surface area contributed by atoms with Gasteiger partial charge in [-0.15, -0.1) is 0 Å². The highest BCUT2D eigenvalue weighted by atomic mass is 14.1. The van der Waals surface area contributed by atoms with Gasteiger partial charge in [-0.3, -0.25) is 0 Å². The maximum atomic E-state index is 2.33. The van der Waals surface area contributed by atoms with Crippen molar-refractivity contribution < 1.29 is 0 Å². The molecule has 0 heterocycles. The fourth-order valence-corrected chi connectivity index (χ4v) is 2.98. The number of hydrogen-bond acceptors (Lipinski definition) is 0. The van der Waals surface area contributed by atoms with Crippen LogP contribution in [0.2, 0.25) is 0 Å². The third kappa shape index (κ3) is 3.12. The molecule has 0 spiro atoms. The van der Waals surface area contributed by atoms with Crippen molar-refractivity contribution in [3.8, 4) is 0 Å². The van der Waals surface area contributed by atoms with Crippen molar-refractivity contribution in [3.63, 3.8) is 0 Å². The molecular formula is C22H22. The molecule has 0 nitrogen and oxygen atoms in total. The minimum Gasteiger partial charge on any atom is -0.0807 e. The quantitative estimate of drug-likeness (QED) is 0.616. The van der Waals surface area contributed by atoms with E-state index in [9.17, 15) is 0 Å². The lowest BCUT2D eigenvalue weighted by Gasteiger charge is -2.14. The predicted molar refractivity (Wildman–Crippen MR) is 97.7 cm³/mol. The SMILES string of the molecule is Cc1cc(C2=CCC=CC=C2)c(C)cc1C1=CC=CCC=C1. The number of aryl methyl sites for hydroxylation is 2. The second kappa shape index (κ2) is 6.62. The average molecular weight is 286 g/mol. The molecule has 2 aliphatic carbocycles. The van der Waals surface area contributed by atoms with Crippen LogP contribution >= 0.6 is 0 Å². The lowest BCUT2D eigenvalue weighted by molar-refractivity contribution is 1.32. The molecule has 0 N–H and O–H groups in total. The summed E-state index contributed by atoms with van der Waals surface area (Å²) in [6.45, 7) is 4.42. The zero-order valence-electron chi connectivity index (χ0n) is 13.3. The van der Waals surface area contributed by atoms with Crippen LogP contribution < -0.4 is 0 Å². The van der Waals surface area contributed by atoms with Gasteiger partial charge in [-0.1, -0.05) is 72.9 Å². The highest BCUT2D eigenvalue weighted by Crippen LogP contribution is 2.29. The van der Waals surface area contributed by atoms with E-state index in [2.05, 4.69) is 86.7 Å². The molecule has 22 heavy (non-hydrogen) atoms. The first-order valence-electron chi connectivity index (χ1n) is 7.94. The largest absolute Gasteiger partial charge is 0.0807 e. The van der Waals surface area contributed by atoms with Crippen LogP contribution in [0.3, 0.4) is 0 Å². The summed E-state index contributed by atoms with van der Waals surface area (Å²) in [5.41, 5.74) is 7.96. The molecule has 0 amide bonds. The van der Waals surface area contributed by atoms with Gasteiger partial charge in [0.15, 0.2) is 0 Å². The van der Waals surface area contributed by atoms with Crippen LogP contribution in [-0.4, -0.2) is 0 Å². The zero-order valence-corrected chi connectivity index (χ0v) is 13.3. The van der Waals surface area contributed by atoms with Crippen LogP contribution in [0.25, 0.3) is 11.1 Å². The lowest BCUT2D eigenvalue weighted by atomic mass is 9.91. The Morgan fingerprint density at radius 3 is 2.23 bits per heavy atom. The fraction of sp³-hybridized carbons (Fsp3) is 0.182. The summed E-state index contributed by atoms with van der Waals surface area (Å²) in [4.78, 5) is 0. The normalized spacial score (nSPS) is 17.0. The Labute approximate surface area is 133 Å². The summed E-state index contributed by atoms with van der Waals surface area (Å²) >= 11 is 0. The van der Waals surface area contributed by atoms with E-state index in [-0.39, 0.29) is 0 Å². The van der Waals surface area contributed by atoms with Gasteiger partial charge in [-0.2, -0.15) is 0 Å². The standard InChI is InChI=1S/C22H22/c1-17-15-22(20-13-9-5-6-10-14-20)18(2)16-21(17)19-11-7-3-4-8-12-19/h3-5,7,9-16H,6,8H2,1-2H3. The van der Waals surface area contributed by atoms with E-state index < -0.39 is 0 Å². The van der Waals surface area contributed by atoms with Gasteiger partial charge in [0.1, 0.15) is 0 Å². The number of allylic oxidation sites excluding steroid dienone is 12. The summed E-state index contributed by atoms with van der Waals surface area (Å²) in [5, 5.41) is 0. The summed E-state index contributed by atoms with van der Waals surface area (Å²) in [7, 11) is 0. The van der Waals surface area contributed by atoms with Crippen molar-refractivity contribution in [2.75, 3.05) is 0 Å². The van der Waals surface area contributed by atoms with E-state index in [4.69, 9.17) is 0 Å². The maximum absolute atomic E-state index is 2.33. The Morgan fingerprint density at radius 2 is 1.41 bits per heavy atom. The van der Waals surface area contributed by atoms with Gasteiger partial charge in [-0.25, -0.2) is 0 Å². The van der Waals surface area contributed by atoms with Gasteiger partial charge in [0.2, 0.25) is 0 Å². The van der Waals surface area contributed by atoms with E-state index in [1.165, 1.54) is 33.4 Å². The van der Waals surface area contributed by atoms with E-state index in [0.717, 1.165) is 12.8 Å². The molecule has 3 rings (SSSR count). The monoisotopic (exact) mass is 286 g/mol. The summed E-state index contributed by atoms with van der Waals surface area (Å²) in [6, 6.07) is 4.66. The highest BCUT2D eigenvalue weighted by molar-refractivity contribution is 5.82. The molecule has 0 bridgehead atoms. The Morgan fingerprint density at radius 1 is 0.682 bits per heavy atom. The molecule has 0 saturated carbocycles. The predicted octanol–water partition coefficient (Wildman–Crippen LogP) is 6.10. The van der Waals surface area contributed by atoms with Gasteiger partial charge < -0.3 is 0 Å². The summed E-state index contributed by atoms with van der Waals surface area (Å²) in [6.07, 6.45) is 24.0. The Kier molecular flexibility index (Phi) is 4.39. The molecule has 1 aromatic rings. The van der Waals surface area contributed by atoms with Gasteiger partial charge in [0.25, 0.3) is 0 Å². The van der Waals surface area contributed by atoms with E-state index in [1.807, 2.05) is 0 Å². The minimum absolute atomic E-state index is 1.00. The van der Waals surface area contributed by atoms with Crippen LogP contribution in [-0.2, 0) is 0 Å².